The van der Waals surface area contributed by atoms with Gasteiger partial charge in [0.15, 0.2) is 0 Å². The highest BCUT2D eigenvalue weighted by Gasteiger charge is 2.04. The van der Waals surface area contributed by atoms with Crippen LogP contribution in [0.25, 0.3) is 0 Å². The van der Waals surface area contributed by atoms with Crippen molar-refractivity contribution in [3.05, 3.63) is 23.8 Å². The Kier molecular flexibility index (Phi) is 8.04. The van der Waals surface area contributed by atoms with Crippen molar-refractivity contribution in [2.75, 3.05) is 34.0 Å². The maximum atomic E-state index is 11.6. The summed E-state index contributed by atoms with van der Waals surface area (Å²) in [5.41, 5.74) is 0.913. The van der Waals surface area contributed by atoms with Crippen LogP contribution in [0.4, 0.5) is 4.79 Å². The van der Waals surface area contributed by atoms with Gasteiger partial charge in [-0.2, -0.15) is 0 Å². The molecule has 2 N–H and O–H groups in total. The minimum Gasteiger partial charge on any atom is -0.497 e. The number of amides is 2. The average molecular weight is 296 g/mol. The normalized spacial score (nSPS) is 10.0. The summed E-state index contributed by atoms with van der Waals surface area (Å²) < 4.78 is 15.6. The van der Waals surface area contributed by atoms with Gasteiger partial charge in [-0.3, -0.25) is 0 Å². The number of hydrogen-bond donors (Lipinski definition) is 2. The molecule has 1 aromatic carbocycles. The van der Waals surface area contributed by atoms with Gasteiger partial charge in [0.1, 0.15) is 11.5 Å². The number of methoxy groups -OCH3 is 2. The van der Waals surface area contributed by atoms with Gasteiger partial charge in [-0.15, -0.1) is 0 Å². The first-order valence-corrected chi connectivity index (χ1v) is 7.01. The molecule has 6 nitrogen and oxygen atoms in total. The van der Waals surface area contributed by atoms with Gasteiger partial charge in [-0.25, -0.2) is 4.79 Å². The van der Waals surface area contributed by atoms with Crippen molar-refractivity contribution >= 4 is 6.03 Å². The van der Waals surface area contributed by atoms with Gasteiger partial charge in [0, 0.05) is 32.4 Å². The van der Waals surface area contributed by atoms with E-state index in [0.29, 0.717) is 37.8 Å². The third-order valence-corrected chi connectivity index (χ3v) is 2.82. The molecule has 0 atom stereocenters. The number of benzene rings is 1. The number of rotatable bonds is 9. The highest BCUT2D eigenvalue weighted by Crippen LogP contribution is 2.22. The lowest BCUT2D eigenvalue weighted by atomic mass is 10.2. The van der Waals surface area contributed by atoms with E-state index in [9.17, 15) is 4.79 Å². The summed E-state index contributed by atoms with van der Waals surface area (Å²) in [6.07, 6.45) is 0.800. The number of ether oxygens (including phenoxy) is 3. The third-order valence-electron chi connectivity index (χ3n) is 2.82. The molecule has 0 radical (unpaired) electrons. The van der Waals surface area contributed by atoms with Crippen molar-refractivity contribution in [3.63, 3.8) is 0 Å². The summed E-state index contributed by atoms with van der Waals surface area (Å²) >= 11 is 0. The van der Waals surface area contributed by atoms with E-state index in [4.69, 9.17) is 14.2 Å². The SMILES string of the molecule is CCOCCCNC(=O)NCc1cc(OC)cc(OC)c1. The van der Waals surface area contributed by atoms with Crippen LogP contribution in [0.15, 0.2) is 18.2 Å². The molecule has 0 saturated carbocycles. The molecule has 0 aliphatic rings. The van der Waals surface area contributed by atoms with E-state index >= 15 is 0 Å². The molecule has 6 heteroatoms. The monoisotopic (exact) mass is 296 g/mol. The molecule has 0 unspecified atom stereocenters. The number of carbonyl (C=O) groups is 1. The summed E-state index contributed by atoms with van der Waals surface area (Å²) in [5, 5.41) is 5.57. The summed E-state index contributed by atoms with van der Waals surface area (Å²) in [6, 6.07) is 5.31. The summed E-state index contributed by atoms with van der Waals surface area (Å²) in [7, 11) is 3.19. The van der Waals surface area contributed by atoms with Gasteiger partial charge < -0.3 is 24.8 Å². The molecule has 21 heavy (non-hydrogen) atoms. The fourth-order valence-corrected chi connectivity index (χ4v) is 1.73. The number of nitrogens with one attached hydrogen (secondary N) is 2. The molecule has 0 aliphatic heterocycles. The van der Waals surface area contributed by atoms with Crippen molar-refractivity contribution < 1.29 is 19.0 Å². The van der Waals surface area contributed by atoms with Crippen LogP contribution < -0.4 is 20.1 Å². The fraction of sp³-hybridized carbons (Fsp3) is 0.533. The van der Waals surface area contributed by atoms with E-state index in [1.165, 1.54) is 0 Å². The van der Waals surface area contributed by atoms with Crippen LogP contribution in [0.5, 0.6) is 11.5 Å². The Balaban J connectivity index is 2.35. The highest BCUT2D eigenvalue weighted by molar-refractivity contribution is 5.73. The quantitative estimate of drug-likeness (QED) is 0.683. The minimum absolute atomic E-state index is 0.201. The first-order chi connectivity index (χ1) is 10.2. The molecule has 0 aliphatic carbocycles. The second-order valence-electron chi connectivity index (χ2n) is 4.38. The Morgan fingerprint density at radius 2 is 1.76 bits per heavy atom. The van der Waals surface area contributed by atoms with Crippen LogP contribution in [-0.2, 0) is 11.3 Å². The molecule has 2 amide bonds. The fourth-order valence-electron chi connectivity index (χ4n) is 1.73. The topological polar surface area (TPSA) is 68.8 Å². The van der Waals surface area contributed by atoms with E-state index < -0.39 is 0 Å². The van der Waals surface area contributed by atoms with E-state index in [1.54, 1.807) is 20.3 Å². The van der Waals surface area contributed by atoms with Crippen molar-refractivity contribution in [2.45, 2.75) is 19.9 Å². The minimum atomic E-state index is -0.201. The van der Waals surface area contributed by atoms with Crippen molar-refractivity contribution in [1.29, 1.82) is 0 Å². The summed E-state index contributed by atoms with van der Waals surface area (Å²) in [5.74, 6) is 1.39. The number of hydrogen-bond acceptors (Lipinski definition) is 4. The Morgan fingerprint density at radius 3 is 2.33 bits per heavy atom. The Labute approximate surface area is 125 Å². The van der Waals surface area contributed by atoms with Crippen LogP contribution in [0.3, 0.4) is 0 Å². The first-order valence-electron chi connectivity index (χ1n) is 7.01. The van der Waals surface area contributed by atoms with Gasteiger partial charge in [0.25, 0.3) is 0 Å². The third kappa shape index (κ3) is 6.85. The van der Waals surface area contributed by atoms with Crippen molar-refractivity contribution in [1.82, 2.24) is 10.6 Å². The second kappa shape index (κ2) is 9.88. The van der Waals surface area contributed by atoms with E-state index in [2.05, 4.69) is 10.6 Å². The van der Waals surface area contributed by atoms with Crippen LogP contribution >= 0.6 is 0 Å². The molecule has 0 spiro atoms. The van der Waals surface area contributed by atoms with Gasteiger partial charge in [-0.05, 0) is 31.0 Å². The van der Waals surface area contributed by atoms with Crippen LogP contribution in [0, 0.1) is 0 Å². The Bertz CT molecular complexity index is 415. The molecule has 1 aromatic rings. The van der Waals surface area contributed by atoms with Gasteiger partial charge in [0.05, 0.1) is 14.2 Å². The molecule has 0 bridgehead atoms. The maximum absolute atomic E-state index is 11.6. The highest BCUT2D eigenvalue weighted by atomic mass is 16.5. The largest absolute Gasteiger partial charge is 0.497 e. The first kappa shape index (κ1) is 17.1. The van der Waals surface area contributed by atoms with E-state index in [-0.39, 0.29) is 6.03 Å². The predicted molar refractivity (Wildman–Crippen MR) is 80.9 cm³/mol. The lowest BCUT2D eigenvalue weighted by Crippen LogP contribution is -2.35. The Hall–Kier alpha value is -1.95. The van der Waals surface area contributed by atoms with Crippen LogP contribution in [0.2, 0.25) is 0 Å². The lowest BCUT2D eigenvalue weighted by Gasteiger charge is -2.10. The molecule has 1 rings (SSSR count). The van der Waals surface area contributed by atoms with Gasteiger partial charge in [0.2, 0.25) is 0 Å². The molecule has 0 saturated heterocycles. The number of carbonyl (C=O) groups excluding carboxylic acids is 1. The zero-order chi connectivity index (χ0) is 15.5. The average Bonchev–Trinajstić information content (AvgIpc) is 2.52. The zero-order valence-corrected chi connectivity index (χ0v) is 12.9. The smallest absolute Gasteiger partial charge is 0.315 e. The van der Waals surface area contributed by atoms with E-state index in [1.807, 2.05) is 19.1 Å². The van der Waals surface area contributed by atoms with E-state index in [0.717, 1.165) is 12.0 Å². The molecule has 0 aromatic heterocycles. The molecule has 0 fully saturated rings. The summed E-state index contributed by atoms with van der Waals surface area (Å²) in [6.45, 7) is 4.30. The zero-order valence-electron chi connectivity index (χ0n) is 12.9. The van der Waals surface area contributed by atoms with Gasteiger partial charge in [-0.1, -0.05) is 0 Å². The van der Waals surface area contributed by atoms with Crippen LogP contribution in [-0.4, -0.2) is 40.0 Å². The Morgan fingerprint density at radius 1 is 1.10 bits per heavy atom. The molecule has 118 valence electrons. The standard InChI is InChI=1S/C15H24N2O4/c1-4-21-7-5-6-16-15(18)17-11-12-8-13(19-2)10-14(9-12)20-3/h8-10H,4-7,11H2,1-3H3,(H2,16,17,18). The van der Waals surface area contributed by atoms with Crippen molar-refractivity contribution in [2.24, 2.45) is 0 Å². The molecular weight excluding hydrogens is 272 g/mol. The second-order valence-corrected chi connectivity index (χ2v) is 4.38. The van der Waals surface area contributed by atoms with Crippen LogP contribution in [0.1, 0.15) is 18.9 Å². The van der Waals surface area contributed by atoms with Gasteiger partial charge >= 0.3 is 6.03 Å². The van der Waals surface area contributed by atoms with Crippen molar-refractivity contribution in [3.8, 4) is 11.5 Å². The molecular formula is C15H24N2O4. The summed E-state index contributed by atoms with van der Waals surface area (Å²) in [4.78, 5) is 11.6. The predicted octanol–water partition coefficient (Wildman–Crippen LogP) is 1.93. The molecule has 0 heterocycles. The maximum Gasteiger partial charge on any atom is 0.315 e. The number of urea groups is 1. The lowest BCUT2D eigenvalue weighted by molar-refractivity contribution is 0.145.